The molecule has 0 aromatic carbocycles. The van der Waals surface area contributed by atoms with Gasteiger partial charge < -0.3 is 5.32 Å². The third kappa shape index (κ3) is 6.24. The Kier molecular flexibility index (Phi) is 6.05. The first-order valence-corrected chi connectivity index (χ1v) is 7.61. The summed E-state index contributed by atoms with van der Waals surface area (Å²) in [5.41, 5.74) is 1.45. The molecule has 0 spiro atoms. The minimum Gasteiger partial charge on any atom is -0.312 e. The Morgan fingerprint density at radius 2 is 2.00 bits per heavy atom. The van der Waals surface area contributed by atoms with E-state index in [2.05, 4.69) is 68.9 Å². The zero-order valence-electron chi connectivity index (χ0n) is 13.5. The molecule has 0 amide bonds. The van der Waals surface area contributed by atoms with Gasteiger partial charge in [0.2, 0.25) is 0 Å². The van der Waals surface area contributed by atoms with Crippen LogP contribution in [0.2, 0.25) is 0 Å². The zero-order valence-corrected chi connectivity index (χ0v) is 13.5. The van der Waals surface area contributed by atoms with Gasteiger partial charge in [0.1, 0.15) is 0 Å². The molecule has 0 aliphatic heterocycles. The fourth-order valence-electron chi connectivity index (χ4n) is 2.07. The second kappa shape index (κ2) is 7.09. The van der Waals surface area contributed by atoms with Crippen LogP contribution in [0.4, 0.5) is 0 Å². The fraction of sp³-hybridized carbons (Fsp3) is 0.812. The van der Waals surface area contributed by atoms with Crippen LogP contribution in [0.5, 0.6) is 0 Å². The largest absolute Gasteiger partial charge is 0.312 e. The Morgan fingerprint density at radius 1 is 1.32 bits per heavy atom. The fourth-order valence-corrected chi connectivity index (χ4v) is 2.07. The third-order valence-electron chi connectivity index (χ3n) is 3.56. The van der Waals surface area contributed by atoms with Crippen LogP contribution in [0.15, 0.2) is 12.3 Å². The van der Waals surface area contributed by atoms with E-state index in [1.54, 1.807) is 0 Å². The Balaban J connectivity index is 2.36. The predicted octanol–water partition coefficient (Wildman–Crippen LogP) is 3.81. The van der Waals surface area contributed by atoms with Gasteiger partial charge in [-0.1, -0.05) is 13.8 Å². The van der Waals surface area contributed by atoms with Crippen LogP contribution < -0.4 is 5.32 Å². The predicted molar refractivity (Wildman–Crippen MR) is 82.5 cm³/mol. The van der Waals surface area contributed by atoms with Gasteiger partial charge in [0.25, 0.3) is 0 Å². The summed E-state index contributed by atoms with van der Waals surface area (Å²) in [4.78, 5) is 0. The van der Waals surface area contributed by atoms with E-state index in [-0.39, 0.29) is 5.54 Å². The van der Waals surface area contributed by atoms with Crippen molar-refractivity contribution in [2.24, 2.45) is 5.92 Å². The maximum Gasteiger partial charge on any atom is 0.0627 e. The minimum absolute atomic E-state index is 0.220. The quantitative estimate of drug-likeness (QED) is 0.812. The molecule has 0 aliphatic carbocycles. The number of nitrogens with one attached hydrogen (secondary N) is 1. The molecule has 0 radical (unpaired) electrons. The highest BCUT2D eigenvalue weighted by Crippen LogP contribution is 2.13. The van der Waals surface area contributed by atoms with Crippen molar-refractivity contribution in [1.82, 2.24) is 15.1 Å². The van der Waals surface area contributed by atoms with Gasteiger partial charge in [-0.2, -0.15) is 5.10 Å². The van der Waals surface area contributed by atoms with Crippen molar-refractivity contribution >= 4 is 0 Å². The van der Waals surface area contributed by atoms with E-state index >= 15 is 0 Å². The Hall–Kier alpha value is -0.830. The lowest BCUT2D eigenvalue weighted by atomic mass is 10.0. The van der Waals surface area contributed by atoms with Gasteiger partial charge in [-0.25, -0.2) is 0 Å². The van der Waals surface area contributed by atoms with Crippen molar-refractivity contribution in [3.05, 3.63) is 18.0 Å². The Morgan fingerprint density at radius 3 is 2.58 bits per heavy atom. The van der Waals surface area contributed by atoms with E-state index in [9.17, 15) is 0 Å². The van der Waals surface area contributed by atoms with Crippen molar-refractivity contribution in [1.29, 1.82) is 0 Å². The summed E-state index contributed by atoms with van der Waals surface area (Å²) in [7, 11) is 0. The van der Waals surface area contributed by atoms with Crippen molar-refractivity contribution in [3.8, 4) is 0 Å². The molecule has 3 heteroatoms. The molecule has 2 atom stereocenters. The SMILES string of the molecule is CCC(C)n1ccc(CC(C)CCNC(C)(C)C)n1. The first-order chi connectivity index (χ1) is 8.81. The highest BCUT2D eigenvalue weighted by Gasteiger charge is 2.11. The van der Waals surface area contributed by atoms with Crippen LogP contribution in [-0.2, 0) is 6.42 Å². The maximum atomic E-state index is 4.67. The minimum atomic E-state index is 0.220. The van der Waals surface area contributed by atoms with Gasteiger partial charge >= 0.3 is 0 Å². The number of nitrogens with zero attached hydrogens (tertiary/aromatic N) is 2. The first kappa shape index (κ1) is 16.2. The summed E-state index contributed by atoms with van der Waals surface area (Å²) in [6, 6.07) is 2.67. The summed E-state index contributed by atoms with van der Waals surface area (Å²) in [6.07, 6.45) is 5.53. The van der Waals surface area contributed by atoms with Crippen molar-refractivity contribution < 1.29 is 0 Å². The van der Waals surface area contributed by atoms with Crippen LogP contribution >= 0.6 is 0 Å². The molecule has 19 heavy (non-hydrogen) atoms. The van der Waals surface area contributed by atoms with Crippen LogP contribution in [0.1, 0.15) is 66.1 Å². The van der Waals surface area contributed by atoms with Gasteiger partial charge in [-0.3, -0.25) is 4.68 Å². The second-order valence-electron chi connectivity index (χ2n) is 6.82. The molecular weight excluding hydrogens is 234 g/mol. The van der Waals surface area contributed by atoms with Crippen LogP contribution in [0.25, 0.3) is 0 Å². The van der Waals surface area contributed by atoms with Gasteiger partial charge in [0, 0.05) is 17.8 Å². The van der Waals surface area contributed by atoms with E-state index in [0.29, 0.717) is 12.0 Å². The van der Waals surface area contributed by atoms with E-state index in [0.717, 1.165) is 19.4 Å². The summed E-state index contributed by atoms with van der Waals surface area (Å²) in [6.45, 7) is 14.5. The zero-order chi connectivity index (χ0) is 14.5. The molecule has 1 aromatic heterocycles. The number of rotatable bonds is 7. The molecule has 0 aliphatic rings. The average Bonchev–Trinajstić information content (AvgIpc) is 2.74. The molecular formula is C16H31N3. The van der Waals surface area contributed by atoms with Gasteiger partial charge in [-0.05, 0) is 65.5 Å². The number of hydrogen-bond donors (Lipinski definition) is 1. The van der Waals surface area contributed by atoms with E-state index in [1.165, 1.54) is 12.1 Å². The standard InChI is InChI=1S/C16H31N3/c1-7-14(3)19-11-9-15(18-19)12-13(2)8-10-17-16(4,5)6/h9,11,13-14,17H,7-8,10,12H2,1-6H3. The molecule has 0 saturated heterocycles. The summed E-state index contributed by atoms with van der Waals surface area (Å²) in [5.74, 6) is 0.676. The van der Waals surface area contributed by atoms with Crippen molar-refractivity contribution in [2.45, 2.75) is 72.4 Å². The molecule has 2 unspecified atom stereocenters. The Labute approximate surface area is 118 Å². The second-order valence-corrected chi connectivity index (χ2v) is 6.82. The van der Waals surface area contributed by atoms with Crippen molar-refractivity contribution in [3.63, 3.8) is 0 Å². The summed E-state index contributed by atoms with van der Waals surface area (Å²) in [5, 5.41) is 8.22. The van der Waals surface area contributed by atoms with Gasteiger partial charge in [0.05, 0.1) is 5.69 Å². The number of aromatic nitrogens is 2. The monoisotopic (exact) mass is 265 g/mol. The molecule has 0 bridgehead atoms. The molecule has 1 aromatic rings. The lowest BCUT2D eigenvalue weighted by molar-refractivity contribution is 0.391. The Bertz CT molecular complexity index is 362. The van der Waals surface area contributed by atoms with Gasteiger partial charge in [-0.15, -0.1) is 0 Å². The molecule has 0 fully saturated rings. The maximum absolute atomic E-state index is 4.67. The smallest absolute Gasteiger partial charge is 0.0627 e. The van der Waals surface area contributed by atoms with E-state index in [4.69, 9.17) is 0 Å². The first-order valence-electron chi connectivity index (χ1n) is 7.61. The van der Waals surface area contributed by atoms with Crippen LogP contribution in [-0.4, -0.2) is 21.9 Å². The van der Waals surface area contributed by atoms with E-state index < -0.39 is 0 Å². The molecule has 0 saturated carbocycles. The molecule has 1 heterocycles. The van der Waals surface area contributed by atoms with E-state index in [1.807, 2.05) is 0 Å². The summed E-state index contributed by atoms with van der Waals surface area (Å²) < 4.78 is 2.09. The highest BCUT2D eigenvalue weighted by atomic mass is 15.3. The number of hydrogen-bond acceptors (Lipinski definition) is 2. The molecule has 1 N–H and O–H groups in total. The topological polar surface area (TPSA) is 29.9 Å². The summed E-state index contributed by atoms with van der Waals surface area (Å²) >= 11 is 0. The molecule has 110 valence electrons. The van der Waals surface area contributed by atoms with Crippen molar-refractivity contribution in [2.75, 3.05) is 6.54 Å². The van der Waals surface area contributed by atoms with Crippen LogP contribution in [0, 0.1) is 5.92 Å². The lowest BCUT2D eigenvalue weighted by Gasteiger charge is -2.21. The third-order valence-corrected chi connectivity index (χ3v) is 3.56. The normalized spacial score (nSPS) is 15.5. The van der Waals surface area contributed by atoms with Gasteiger partial charge in [0.15, 0.2) is 0 Å². The van der Waals surface area contributed by atoms with Crippen LogP contribution in [0.3, 0.4) is 0 Å². The highest BCUT2D eigenvalue weighted by molar-refractivity contribution is 5.00. The lowest BCUT2D eigenvalue weighted by Crippen LogP contribution is -2.37. The molecule has 3 nitrogen and oxygen atoms in total. The average molecular weight is 265 g/mol. The molecule has 1 rings (SSSR count).